The van der Waals surface area contributed by atoms with Crippen molar-refractivity contribution in [1.29, 1.82) is 0 Å². The van der Waals surface area contributed by atoms with Crippen LogP contribution in [-0.4, -0.2) is 46.3 Å². The summed E-state index contributed by atoms with van der Waals surface area (Å²) in [6.07, 6.45) is 2.22. The van der Waals surface area contributed by atoms with Crippen LogP contribution in [0.5, 0.6) is 0 Å². The summed E-state index contributed by atoms with van der Waals surface area (Å²) in [7, 11) is 1.71. The maximum atomic E-state index is 13.3. The molecule has 1 aliphatic heterocycles. The zero-order valence-electron chi connectivity index (χ0n) is 15.9. The maximum Gasteiger partial charge on any atom is 0.335 e. The normalized spacial score (nSPS) is 15.2. The van der Waals surface area contributed by atoms with Crippen molar-refractivity contribution < 1.29 is 19.5 Å². The molecule has 3 rings (SSSR count). The molecule has 1 fully saturated rings. The van der Waals surface area contributed by atoms with Gasteiger partial charge in [-0.2, -0.15) is 0 Å². The largest absolute Gasteiger partial charge is 0.478 e. The van der Waals surface area contributed by atoms with Crippen LogP contribution in [0.3, 0.4) is 0 Å². The van der Waals surface area contributed by atoms with Crippen molar-refractivity contribution in [3.63, 3.8) is 0 Å². The third kappa shape index (κ3) is 4.39. The van der Waals surface area contributed by atoms with Crippen molar-refractivity contribution in [3.8, 4) is 0 Å². The molecule has 1 saturated heterocycles. The third-order valence-corrected chi connectivity index (χ3v) is 5.02. The quantitative estimate of drug-likeness (QED) is 0.835. The number of carboxylic acid groups (broad SMARTS) is 1. The molecular weight excluding hydrogens is 356 g/mol. The first-order chi connectivity index (χ1) is 13.5. The molecule has 0 saturated carbocycles. The zero-order chi connectivity index (χ0) is 20.1. The highest BCUT2D eigenvalue weighted by Gasteiger charge is 2.34. The molecule has 1 aliphatic rings. The lowest BCUT2D eigenvalue weighted by Crippen LogP contribution is -2.46. The number of likely N-dealkylation sites (N-methyl/N-ethyl adjacent to an activating group) is 1. The maximum absolute atomic E-state index is 13.3. The summed E-state index contributed by atoms with van der Waals surface area (Å²) in [6.45, 7) is 0.912. The van der Waals surface area contributed by atoms with E-state index in [1.165, 1.54) is 12.1 Å². The van der Waals surface area contributed by atoms with E-state index in [9.17, 15) is 14.4 Å². The zero-order valence-corrected chi connectivity index (χ0v) is 15.9. The smallest absolute Gasteiger partial charge is 0.335 e. The molecule has 2 aromatic rings. The second-order valence-corrected chi connectivity index (χ2v) is 7.05. The van der Waals surface area contributed by atoms with Gasteiger partial charge >= 0.3 is 5.97 Å². The Hall–Kier alpha value is -3.15. The minimum absolute atomic E-state index is 0.00710. The molecule has 0 aliphatic carbocycles. The molecule has 2 amide bonds. The first kappa shape index (κ1) is 19.6. The lowest BCUT2D eigenvalue weighted by molar-refractivity contribution is -0.147. The summed E-state index contributed by atoms with van der Waals surface area (Å²) in [6, 6.07) is 15.2. The molecule has 1 N–H and O–H groups in total. The van der Waals surface area contributed by atoms with Crippen LogP contribution >= 0.6 is 0 Å². The third-order valence-electron chi connectivity index (χ3n) is 5.02. The van der Waals surface area contributed by atoms with Gasteiger partial charge in [0.05, 0.1) is 5.56 Å². The molecule has 146 valence electrons. The number of nitrogens with zero attached hydrogens (tertiary/aromatic N) is 2. The number of carbonyl (C=O) groups is 3. The van der Waals surface area contributed by atoms with Crippen molar-refractivity contribution in [2.75, 3.05) is 13.6 Å². The molecule has 6 heteroatoms. The fourth-order valence-electron chi connectivity index (χ4n) is 3.50. The van der Waals surface area contributed by atoms with Crippen LogP contribution in [-0.2, 0) is 16.1 Å². The Kier molecular flexibility index (Phi) is 6.09. The van der Waals surface area contributed by atoms with Gasteiger partial charge in [-0.1, -0.05) is 42.5 Å². The molecule has 1 unspecified atom stereocenters. The van der Waals surface area contributed by atoms with Crippen LogP contribution in [0.15, 0.2) is 54.6 Å². The van der Waals surface area contributed by atoms with Crippen LogP contribution in [0.2, 0.25) is 0 Å². The van der Waals surface area contributed by atoms with E-state index in [1.807, 2.05) is 30.3 Å². The van der Waals surface area contributed by atoms with Gasteiger partial charge in [0, 0.05) is 26.6 Å². The summed E-state index contributed by atoms with van der Waals surface area (Å²) < 4.78 is 0. The Balaban J connectivity index is 1.81. The number of likely N-dealkylation sites (tertiary alicyclic amines) is 1. The molecule has 2 aromatic carbocycles. The molecule has 1 heterocycles. The number of hydrogen-bond acceptors (Lipinski definition) is 3. The number of carbonyl (C=O) groups excluding carboxylic acids is 2. The van der Waals surface area contributed by atoms with E-state index in [2.05, 4.69) is 0 Å². The minimum Gasteiger partial charge on any atom is -0.478 e. The second-order valence-electron chi connectivity index (χ2n) is 7.05. The number of benzene rings is 2. The number of aromatic carboxylic acids is 1. The number of amides is 2. The van der Waals surface area contributed by atoms with Crippen LogP contribution in [0.4, 0.5) is 0 Å². The predicted molar refractivity (Wildman–Crippen MR) is 105 cm³/mol. The molecule has 28 heavy (non-hydrogen) atoms. The Morgan fingerprint density at radius 3 is 2.36 bits per heavy atom. The number of hydrogen-bond donors (Lipinski definition) is 1. The van der Waals surface area contributed by atoms with Gasteiger partial charge in [-0.15, -0.1) is 0 Å². The van der Waals surface area contributed by atoms with Crippen molar-refractivity contribution in [2.45, 2.75) is 31.8 Å². The summed E-state index contributed by atoms with van der Waals surface area (Å²) in [5.74, 6) is -1.12. The lowest BCUT2D eigenvalue weighted by atomic mass is 10.00. The van der Waals surface area contributed by atoms with Crippen LogP contribution in [0.1, 0.15) is 46.8 Å². The second kappa shape index (κ2) is 8.69. The van der Waals surface area contributed by atoms with E-state index in [0.717, 1.165) is 24.0 Å². The predicted octanol–water partition coefficient (Wildman–Crippen LogP) is 3.10. The fourth-order valence-corrected chi connectivity index (χ4v) is 3.50. The number of carboxylic acids is 1. The molecule has 0 aromatic heterocycles. The molecule has 1 atom stereocenters. The summed E-state index contributed by atoms with van der Waals surface area (Å²) in [5.41, 5.74) is 1.84. The van der Waals surface area contributed by atoms with E-state index in [4.69, 9.17) is 5.11 Å². The summed E-state index contributed by atoms with van der Waals surface area (Å²) in [5, 5.41) is 9.01. The fraction of sp³-hybridized carbons (Fsp3) is 0.318. The lowest BCUT2D eigenvalue weighted by Gasteiger charge is -2.36. The van der Waals surface area contributed by atoms with E-state index >= 15 is 0 Å². The molecule has 0 spiro atoms. The van der Waals surface area contributed by atoms with Crippen molar-refractivity contribution >= 4 is 17.8 Å². The van der Waals surface area contributed by atoms with Gasteiger partial charge in [0.15, 0.2) is 0 Å². The van der Waals surface area contributed by atoms with Crippen molar-refractivity contribution in [3.05, 3.63) is 71.3 Å². The van der Waals surface area contributed by atoms with Crippen molar-refractivity contribution in [1.82, 2.24) is 9.80 Å². The van der Waals surface area contributed by atoms with Gasteiger partial charge in [0.2, 0.25) is 11.8 Å². The summed E-state index contributed by atoms with van der Waals surface area (Å²) >= 11 is 0. The van der Waals surface area contributed by atoms with E-state index in [1.54, 1.807) is 29.0 Å². The van der Waals surface area contributed by atoms with Gasteiger partial charge in [-0.25, -0.2) is 4.79 Å². The SMILES string of the molecule is CN(Cc1ccc(C(=O)O)cc1)C(=O)C(c1ccccc1)N1CCCCC1=O. The Labute approximate surface area is 164 Å². The molecule has 0 radical (unpaired) electrons. The number of piperidine rings is 1. The highest BCUT2D eigenvalue weighted by molar-refractivity contribution is 5.89. The first-order valence-electron chi connectivity index (χ1n) is 9.39. The first-order valence-corrected chi connectivity index (χ1v) is 9.39. The highest BCUT2D eigenvalue weighted by atomic mass is 16.4. The van der Waals surface area contributed by atoms with Gasteiger partial charge in [0.1, 0.15) is 6.04 Å². The number of rotatable bonds is 6. The van der Waals surface area contributed by atoms with Crippen molar-refractivity contribution in [2.24, 2.45) is 0 Å². The minimum atomic E-state index is -0.983. The van der Waals surface area contributed by atoms with Gasteiger partial charge < -0.3 is 14.9 Å². The standard InChI is InChI=1S/C22H24N2O4/c1-23(15-16-10-12-18(13-11-16)22(27)28)21(26)20(17-7-3-2-4-8-17)24-14-6-5-9-19(24)25/h2-4,7-8,10-13,20H,5-6,9,14-15H2,1H3,(H,27,28). The van der Waals surface area contributed by atoms with Gasteiger partial charge in [0.25, 0.3) is 0 Å². The van der Waals surface area contributed by atoms with E-state index < -0.39 is 12.0 Å². The average Bonchev–Trinajstić information content (AvgIpc) is 2.70. The Bertz CT molecular complexity index is 849. The molecule has 0 bridgehead atoms. The Morgan fingerprint density at radius 1 is 1.07 bits per heavy atom. The van der Waals surface area contributed by atoms with Crippen LogP contribution < -0.4 is 0 Å². The van der Waals surface area contributed by atoms with E-state index in [0.29, 0.717) is 19.5 Å². The topological polar surface area (TPSA) is 77.9 Å². The Morgan fingerprint density at radius 2 is 1.75 bits per heavy atom. The monoisotopic (exact) mass is 380 g/mol. The van der Waals surface area contributed by atoms with Gasteiger partial charge in [-0.3, -0.25) is 9.59 Å². The van der Waals surface area contributed by atoms with Gasteiger partial charge in [-0.05, 0) is 36.1 Å². The molecule has 6 nitrogen and oxygen atoms in total. The van der Waals surface area contributed by atoms with Crippen LogP contribution in [0, 0.1) is 0 Å². The average molecular weight is 380 g/mol. The highest BCUT2D eigenvalue weighted by Crippen LogP contribution is 2.27. The van der Waals surface area contributed by atoms with E-state index in [-0.39, 0.29) is 17.4 Å². The molecular formula is C22H24N2O4. The summed E-state index contributed by atoms with van der Waals surface area (Å²) in [4.78, 5) is 40.1. The van der Waals surface area contributed by atoms with Crippen LogP contribution in [0.25, 0.3) is 0 Å².